The molecule has 2 aromatic rings. The van der Waals surface area contributed by atoms with Crippen LogP contribution < -0.4 is 5.32 Å². The van der Waals surface area contributed by atoms with Crippen LogP contribution in [0.15, 0.2) is 24.3 Å². The Morgan fingerprint density at radius 2 is 2.04 bits per heavy atom. The number of nitrogens with zero attached hydrogens (tertiary/aromatic N) is 1. The summed E-state index contributed by atoms with van der Waals surface area (Å²) in [4.78, 5) is 16.2. The standard InChI is InChI=1S/C19H24N2OS/c1-12-5-4-6-14-11-15(23-16(12)14)18(22)20-17-13-7-9-21(10-8-13)19(17,2)3/h4-6,11,13,17H,7-10H2,1-3H3,(H,20,22)/t17-/m0/s1. The number of rotatable bonds is 2. The van der Waals surface area contributed by atoms with E-state index in [0.717, 1.165) is 4.88 Å². The summed E-state index contributed by atoms with van der Waals surface area (Å²) in [6, 6.07) is 8.55. The van der Waals surface area contributed by atoms with E-state index in [9.17, 15) is 4.79 Å². The molecule has 4 heterocycles. The normalized spacial score (nSPS) is 28.9. The molecule has 3 fully saturated rings. The number of aryl methyl sites for hydroxylation is 1. The smallest absolute Gasteiger partial charge is 0.261 e. The van der Waals surface area contributed by atoms with Crippen molar-refractivity contribution in [2.24, 2.45) is 5.92 Å². The zero-order valence-electron chi connectivity index (χ0n) is 14.1. The minimum Gasteiger partial charge on any atom is -0.346 e. The molecule has 1 aromatic carbocycles. The maximum Gasteiger partial charge on any atom is 0.261 e. The second kappa shape index (κ2) is 5.32. The van der Waals surface area contributed by atoms with Gasteiger partial charge in [0, 0.05) is 16.3 Å². The lowest BCUT2D eigenvalue weighted by Crippen LogP contribution is -2.69. The molecule has 1 N–H and O–H groups in total. The first kappa shape index (κ1) is 15.2. The van der Waals surface area contributed by atoms with Gasteiger partial charge in [-0.1, -0.05) is 18.2 Å². The van der Waals surface area contributed by atoms with E-state index in [0.29, 0.717) is 5.92 Å². The zero-order valence-corrected chi connectivity index (χ0v) is 14.9. The van der Waals surface area contributed by atoms with Gasteiger partial charge in [-0.2, -0.15) is 0 Å². The molecule has 0 unspecified atom stereocenters. The van der Waals surface area contributed by atoms with Crippen molar-refractivity contribution in [1.29, 1.82) is 0 Å². The molecule has 0 aliphatic carbocycles. The van der Waals surface area contributed by atoms with Gasteiger partial charge in [-0.3, -0.25) is 9.69 Å². The first-order valence-electron chi connectivity index (χ1n) is 8.52. The lowest BCUT2D eigenvalue weighted by molar-refractivity contribution is -0.0377. The average Bonchev–Trinajstić information content (AvgIpc) is 2.97. The third-order valence-electron chi connectivity index (χ3n) is 5.84. The van der Waals surface area contributed by atoms with Crippen LogP contribution in [0.3, 0.4) is 0 Å². The van der Waals surface area contributed by atoms with Gasteiger partial charge in [0.15, 0.2) is 0 Å². The summed E-state index contributed by atoms with van der Waals surface area (Å²) in [7, 11) is 0. The Kier molecular flexibility index (Phi) is 3.50. The Balaban J connectivity index is 1.60. The number of fused-ring (bicyclic) bond motifs is 4. The molecular formula is C19H24N2OS. The van der Waals surface area contributed by atoms with Crippen LogP contribution in [0.5, 0.6) is 0 Å². The largest absolute Gasteiger partial charge is 0.346 e. The van der Waals surface area contributed by atoms with Gasteiger partial charge < -0.3 is 5.32 Å². The Morgan fingerprint density at radius 1 is 1.30 bits per heavy atom. The van der Waals surface area contributed by atoms with Crippen molar-refractivity contribution in [2.75, 3.05) is 13.1 Å². The summed E-state index contributed by atoms with van der Waals surface area (Å²) in [5, 5.41) is 4.54. The Labute approximate surface area is 141 Å². The van der Waals surface area contributed by atoms with Gasteiger partial charge >= 0.3 is 0 Å². The number of amides is 1. The second-order valence-corrected chi connectivity index (χ2v) is 8.59. The predicted molar refractivity (Wildman–Crippen MR) is 96.2 cm³/mol. The third kappa shape index (κ3) is 2.39. The van der Waals surface area contributed by atoms with Crippen molar-refractivity contribution in [3.8, 4) is 0 Å². The summed E-state index contributed by atoms with van der Waals surface area (Å²) in [6.45, 7) is 9.01. The Morgan fingerprint density at radius 3 is 2.70 bits per heavy atom. The van der Waals surface area contributed by atoms with Crippen molar-refractivity contribution in [1.82, 2.24) is 10.2 Å². The van der Waals surface area contributed by atoms with Crippen LogP contribution >= 0.6 is 11.3 Å². The molecule has 2 bridgehead atoms. The molecule has 5 rings (SSSR count). The third-order valence-corrected chi connectivity index (χ3v) is 7.12. The van der Waals surface area contributed by atoms with Crippen LogP contribution in [0.4, 0.5) is 0 Å². The molecule has 23 heavy (non-hydrogen) atoms. The summed E-state index contributed by atoms with van der Waals surface area (Å²) in [5.74, 6) is 0.715. The summed E-state index contributed by atoms with van der Waals surface area (Å²) in [5.41, 5.74) is 1.30. The summed E-state index contributed by atoms with van der Waals surface area (Å²) in [6.07, 6.45) is 2.42. The highest BCUT2D eigenvalue weighted by Gasteiger charge is 2.48. The van der Waals surface area contributed by atoms with Gasteiger partial charge in [-0.05, 0) is 69.6 Å². The molecule has 0 spiro atoms. The van der Waals surface area contributed by atoms with Crippen molar-refractivity contribution in [2.45, 2.75) is 45.2 Å². The quantitative estimate of drug-likeness (QED) is 0.909. The van der Waals surface area contributed by atoms with E-state index >= 15 is 0 Å². The molecular weight excluding hydrogens is 304 g/mol. The molecule has 1 aromatic heterocycles. The van der Waals surface area contributed by atoms with Crippen molar-refractivity contribution in [3.63, 3.8) is 0 Å². The molecule has 3 saturated heterocycles. The first-order chi connectivity index (χ1) is 11.0. The van der Waals surface area contributed by atoms with Crippen molar-refractivity contribution >= 4 is 27.3 Å². The molecule has 3 aliphatic rings. The van der Waals surface area contributed by atoms with Gasteiger partial charge in [0.2, 0.25) is 0 Å². The molecule has 3 aliphatic heterocycles. The Hall–Kier alpha value is -1.39. The van der Waals surface area contributed by atoms with E-state index in [-0.39, 0.29) is 17.5 Å². The number of hydrogen-bond acceptors (Lipinski definition) is 3. The summed E-state index contributed by atoms with van der Waals surface area (Å²) >= 11 is 1.62. The van der Waals surface area contributed by atoms with Crippen LogP contribution in [0, 0.1) is 12.8 Å². The van der Waals surface area contributed by atoms with Crippen LogP contribution in [0.25, 0.3) is 10.1 Å². The molecule has 1 amide bonds. The second-order valence-electron chi connectivity index (χ2n) is 7.53. The van der Waals surface area contributed by atoms with Crippen LogP contribution in [0.2, 0.25) is 0 Å². The van der Waals surface area contributed by atoms with Gasteiger partial charge in [-0.15, -0.1) is 11.3 Å². The van der Waals surface area contributed by atoms with Crippen LogP contribution in [0.1, 0.15) is 41.9 Å². The van der Waals surface area contributed by atoms with Crippen molar-refractivity contribution in [3.05, 3.63) is 34.7 Å². The van der Waals surface area contributed by atoms with Crippen LogP contribution in [-0.2, 0) is 0 Å². The van der Waals surface area contributed by atoms with Crippen molar-refractivity contribution < 1.29 is 4.79 Å². The maximum absolute atomic E-state index is 12.8. The lowest BCUT2D eigenvalue weighted by Gasteiger charge is -2.56. The monoisotopic (exact) mass is 328 g/mol. The van der Waals surface area contributed by atoms with E-state index < -0.39 is 0 Å². The van der Waals surface area contributed by atoms with Gasteiger partial charge in [-0.25, -0.2) is 0 Å². The number of thiophene rings is 1. The summed E-state index contributed by atoms with van der Waals surface area (Å²) < 4.78 is 1.23. The highest BCUT2D eigenvalue weighted by molar-refractivity contribution is 7.21. The van der Waals surface area contributed by atoms with E-state index in [2.05, 4.69) is 49.2 Å². The fraction of sp³-hybridized carbons (Fsp3) is 0.526. The molecule has 0 radical (unpaired) electrons. The fourth-order valence-electron chi connectivity index (χ4n) is 4.41. The molecule has 122 valence electrons. The number of piperidine rings is 3. The number of carbonyl (C=O) groups excluding carboxylic acids is 1. The number of benzene rings is 1. The first-order valence-corrected chi connectivity index (χ1v) is 9.33. The average molecular weight is 328 g/mol. The molecule has 0 saturated carbocycles. The fourth-order valence-corrected chi connectivity index (χ4v) is 5.44. The predicted octanol–water partition coefficient (Wildman–Crippen LogP) is 3.81. The minimum atomic E-state index is 0.0590. The molecule has 3 nitrogen and oxygen atoms in total. The SMILES string of the molecule is Cc1cccc2cc(C(=O)N[C@H]3C4CCN(CC4)C3(C)C)sc12. The van der Waals surface area contributed by atoms with Gasteiger partial charge in [0.25, 0.3) is 5.91 Å². The van der Waals surface area contributed by atoms with Gasteiger partial charge in [0.1, 0.15) is 0 Å². The number of hydrogen-bond donors (Lipinski definition) is 1. The molecule has 4 heteroatoms. The number of nitrogens with one attached hydrogen (secondary N) is 1. The van der Waals surface area contributed by atoms with E-state index in [1.54, 1.807) is 11.3 Å². The van der Waals surface area contributed by atoms with Crippen LogP contribution in [-0.4, -0.2) is 35.5 Å². The van der Waals surface area contributed by atoms with E-state index in [1.807, 2.05) is 6.07 Å². The maximum atomic E-state index is 12.8. The van der Waals surface area contributed by atoms with Gasteiger partial charge in [0.05, 0.1) is 4.88 Å². The van der Waals surface area contributed by atoms with E-state index in [1.165, 1.54) is 41.6 Å². The number of carbonyl (C=O) groups is 1. The Bertz CT molecular complexity index is 756. The topological polar surface area (TPSA) is 32.3 Å². The zero-order chi connectivity index (χ0) is 16.2. The minimum absolute atomic E-state index is 0.0590. The molecule has 1 atom stereocenters. The van der Waals surface area contributed by atoms with E-state index in [4.69, 9.17) is 0 Å². The lowest BCUT2D eigenvalue weighted by atomic mass is 9.72. The highest BCUT2D eigenvalue weighted by Crippen LogP contribution is 2.39. The highest BCUT2D eigenvalue weighted by atomic mass is 32.1.